The third kappa shape index (κ3) is 2.32. The van der Waals surface area contributed by atoms with E-state index in [9.17, 15) is 4.79 Å². The van der Waals surface area contributed by atoms with E-state index in [0.717, 1.165) is 40.9 Å². The smallest absolute Gasteiger partial charge is 0.233 e. The molecule has 0 spiro atoms. The standard InChI is InChI=1S/C19H20N2O4/c1-10-15-16(11-6-4-9-14(23-2)18(11)24-3)17-12(7-5-8-13(17)22)20-19(15)25-21-10/h4,6,9,16,20H,5,7-8H2,1-3H3. The Morgan fingerprint density at radius 2 is 2.08 bits per heavy atom. The summed E-state index contributed by atoms with van der Waals surface area (Å²) in [6.45, 7) is 1.89. The van der Waals surface area contributed by atoms with E-state index < -0.39 is 0 Å². The normalized spacial score (nSPS) is 19.2. The van der Waals surface area contributed by atoms with Gasteiger partial charge in [0.25, 0.3) is 0 Å². The van der Waals surface area contributed by atoms with Gasteiger partial charge in [0.1, 0.15) is 0 Å². The number of nitrogens with one attached hydrogen (secondary N) is 1. The number of aromatic nitrogens is 1. The zero-order valence-corrected chi connectivity index (χ0v) is 14.5. The molecule has 0 saturated carbocycles. The minimum absolute atomic E-state index is 0.162. The Kier molecular flexibility index (Phi) is 3.75. The summed E-state index contributed by atoms with van der Waals surface area (Å²) in [5.74, 6) is 1.78. The van der Waals surface area contributed by atoms with E-state index in [2.05, 4.69) is 10.5 Å². The lowest BCUT2D eigenvalue weighted by molar-refractivity contribution is -0.116. The first kappa shape index (κ1) is 15.7. The second kappa shape index (κ2) is 5.95. The summed E-state index contributed by atoms with van der Waals surface area (Å²) in [6.07, 6.45) is 2.22. The number of carbonyl (C=O) groups is 1. The lowest BCUT2D eigenvalue weighted by Crippen LogP contribution is -2.26. The first-order valence-electron chi connectivity index (χ1n) is 8.36. The van der Waals surface area contributed by atoms with Crippen LogP contribution in [0.15, 0.2) is 34.0 Å². The maximum Gasteiger partial charge on any atom is 0.233 e. The van der Waals surface area contributed by atoms with E-state index in [0.29, 0.717) is 23.8 Å². The highest BCUT2D eigenvalue weighted by atomic mass is 16.5. The van der Waals surface area contributed by atoms with Crippen LogP contribution in [-0.4, -0.2) is 25.2 Å². The maximum absolute atomic E-state index is 12.8. The third-order valence-electron chi connectivity index (χ3n) is 4.95. The van der Waals surface area contributed by atoms with Crippen molar-refractivity contribution >= 4 is 11.7 Å². The van der Waals surface area contributed by atoms with Gasteiger partial charge in [0, 0.05) is 23.3 Å². The van der Waals surface area contributed by atoms with Crippen LogP contribution in [0.2, 0.25) is 0 Å². The lowest BCUT2D eigenvalue weighted by atomic mass is 9.76. The molecule has 130 valence electrons. The molecule has 1 aliphatic carbocycles. The summed E-state index contributed by atoms with van der Waals surface area (Å²) in [5, 5.41) is 7.38. The number of nitrogens with zero attached hydrogens (tertiary/aromatic N) is 1. The zero-order chi connectivity index (χ0) is 17.6. The van der Waals surface area contributed by atoms with Gasteiger partial charge in [-0.3, -0.25) is 4.79 Å². The minimum Gasteiger partial charge on any atom is -0.493 e. The number of hydrogen-bond acceptors (Lipinski definition) is 6. The quantitative estimate of drug-likeness (QED) is 0.921. The molecule has 6 nitrogen and oxygen atoms in total. The number of carbonyl (C=O) groups excluding carboxylic acids is 1. The Morgan fingerprint density at radius 1 is 1.24 bits per heavy atom. The van der Waals surface area contributed by atoms with Crippen LogP contribution in [0.25, 0.3) is 0 Å². The van der Waals surface area contributed by atoms with Crippen LogP contribution in [0.5, 0.6) is 11.5 Å². The molecular formula is C19H20N2O4. The lowest BCUT2D eigenvalue weighted by Gasteiger charge is -2.32. The number of anilines is 1. The Labute approximate surface area is 145 Å². The fourth-order valence-electron chi connectivity index (χ4n) is 3.87. The summed E-state index contributed by atoms with van der Waals surface area (Å²) in [5.41, 5.74) is 4.26. The molecule has 0 saturated heterocycles. The second-order valence-corrected chi connectivity index (χ2v) is 6.32. The van der Waals surface area contributed by atoms with Gasteiger partial charge in [-0.1, -0.05) is 17.3 Å². The maximum atomic E-state index is 12.8. The Hall–Kier alpha value is -2.76. The van der Waals surface area contributed by atoms with E-state index in [4.69, 9.17) is 14.0 Å². The number of ether oxygens (including phenoxy) is 2. The van der Waals surface area contributed by atoms with E-state index in [1.807, 2.05) is 25.1 Å². The summed E-state index contributed by atoms with van der Waals surface area (Å²) in [4.78, 5) is 12.8. The molecule has 4 rings (SSSR count). The number of benzene rings is 1. The molecule has 2 aromatic rings. The molecule has 1 N–H and O–H groups in total. The highest BCUT2D eigenvalue weighted by molar-refractivity contribution is 6.01. The average molecular weight is 340 g/mol. The third-order valence-corrected chi connectivity index (χ3v) is 4.95. The number of aryl methyl sites for hydroxylation is 1. The molecule has 1 aromatic carbocycles. The number of ketones is 1. The van der Waals surface area contributed by atoms with Crippen molar-refractivity contribution in [3.05, 3.63) is 46.3 Å². The fourth-order valence-corrected chi connectivity index (χ4v) is 3.87. The molecule has 2 aliphatic rings. The number of Topliss-reactive ketones (excluding diaryl/α,β-unsaturated/α-hetero) is 1. The van der Waals surface area contributed by atoms with Gasteiger partial charge < -0.3 is 19.3 Å². The van der Waals surface area contributed by atoms with Crippen molar-refractivity contribution in [2.45, 2.75) is 32.1 Å². The fraction of sp³-hybridized carbons (Fsp3) is 0.368. The molecule has 1 aromatic heterocycles. The van der Waals surface area contributed by atoms with Crippen molar-refractivity contribution in [1.82, 2.24) is 5.16 Å². The van der Waals surface area contributed by atoms with Gasteiger partial charge in [0.2, 0.25) is 5.88 Å². The predicted octanol–water partition coefficient (Wildman–Crippen LogP) is 3.56. The summed E-state index contributed by atoms with van der Waals surface area (Å²) >= 11 is 0. The van der Waals surface area contributed by atoms with Crippen molar-refractivity contribution in [2.24, 2.45) is 0 Å². The number of para-hydroxylation sites is 1. The van der Waals surface area contributed by atoms with Crippen LogP contribution >= 0.6 is 0 Å². The van der Waals surface area contributed by atoms with Gasteiger partial charge in [0.15, 0.2) is 17.3 Å². The predicted molar refractivity (Wildman–Crippen MR) is 92.1 cm³/mol. The van der Waals surface area contributed by atoms with Gasteiger partial charge >= 0.3 is 0 Å². The van der Waals surface area contributed by atoms with Crippen LogP contribution in [0.3, 0.4) is 0 Å². The van der Waals surface area contributed by atoms with Gasteiger partial charge in [-0.25, -0.2) is 0 Å². The average Bonchev–Trinajstić information content (AvgIpc) is 3.00. The van der Waals surface area contributed by atoms with Crippen molar-refractivity contribution in [1.29, 1.82) is 0 Å². The molecular weight excluding hydrogens is 320 g/mol. The van der Waals surface area contributed by atoms with E-state index in [-0.39, 0.29) is 11.7 Å². The number of allylic oxidation sites excluding steroid dienone is 2. The van der Waals surface area contributed by atoms with E-state index >= 15 is 0 Å². The van der Waals surface area contributed by atoms with E-state index in [1.165, 1.54) is 0 Å². The molecule has 0 bridgehead atoms. The highest BCUT2D eigenvalue weighted by Crippen LogP contribution is 2.50. The van der Waals surface area contributed by atoms with E-state index in [1.54, 1.807) is 14.2 Å². The molecule has 2 heterocycles. The van der Waals surface area contributed by atoms with Crippen LogP contribution in [0, 0.1) is 6.92 Å². The summed E-state index contributed by atoms with van der Waals surface area (Å²) in [7, 11) is 3.22. The monoisotopic (exact) mass is 340 g/mol. The van der Waals surface area contributed by atoms with Crippen LogP contribution in [0.4, 0.5) is 5.88 Å². The number of rotatable bonds is 3. The molecule has 0 radical (unpaired) electrons. The van der Waals surface area contributed by atoms with Crippen LogP contribution in [-0.2, 0) is 4.79 Å². The summed E-state index contributed by atoms with van der Waals surface area (Å²) in [6, 6.07) is 5.73. The van der Waals surface area contributed by atoms with Crippen molar-refractivity contribution in [3.8, 4) is 11.5 Å². The molecule has 0 amide bonds. The van der Waals surface area contributed by atoms with Gasteiger partial charge in [-0.05, 0) is 25.8 Å². The second-order valence-electron chi connectivity index (χ2n) is 6.32. The van der Waals surface area contributed by atoms with Gasteiger partial charge in [0.05, 0.1) is 31.4 Å². The minimum atomic E-state index is -0.268. The van der Waals surface area contributed by atoms with Gasteiger partial charge in [-0.2, -0.15) is 0 Å². The van der Waals surface area contributed by atoms with Crippen LogP contribution in [0.1, 0.15) is 42.0 Å². The van der Waals surface area contributed by atoms with Crippen molar-refractivity contribution in [3.63, 3.8) is 0 Å². The number of hydrogen-bond donors (Lipinski definition) is 1. The SMILES string of the molecule is COc1cccc(C2C3=C(CCCC3=O)Nc3onc(C)c32)c1OC. The molecule has 0 fully saturated rings. The number of fused-ring (bicyclic) bond motifs is 1. The van der Waals surface area contributed by atoms with Crippen LogP contribution < -0.4 is 14.8 Å². The largest absolute Gasteiger partial charge is 0.493 e. The van der Waals surface area contributed by atoms with Crippen molar-refractivity contribution in [2.75, 3.05) is 19.5 Å². The molecule has 6 heteroatoms. The topological polar surface area (TPSA) is 73.6 Å². The number of methoxy groups -OCH3 is 2. The molecule has 1 atom stereocenters. The zero-order valence-electron chi connectivity index (χ0n) is 14.5. The molecule has 1 unspecified atom stereocenters. The first-order valence-corrected chi connectivity index (χ1v) is 8.36. The Morgan fingerprint density at radius 3 is 2.84 bits per heavy atom. The molecule has 25 heavy (non-hydrogen) atoms. The Bertz CT molecular complexity index is 882. The first-order chi connectivity index (χ1) is 12.2. The summed E-state index contributed by atoms with van der Waals surface area (Å²) < 4.78 is 16.6. The van der Waals surface area contributed by atoms with Gasteiger partial charge in [-0.15, -0.1) is 0 Å². The van der Waals surface area contributed by atoms with Crippen molar-refractivity contribution < 1.29 is 18.8 Å². The Balaban J connectivity index is 1.99. The highest BCUT2D eigenvalue weighted by Gasteiger charge is 2.40. The molecule has 1 aliphatic heterocycles.